The number of sulfone groups is 1. The maximum atomic E-state index is 11.4. The molecule has 0 saturated heterocycles. The molecular weight excluding hydrogens is 386 g/mol. The summed E-state index contributed by atoms with van der Waals surface area (Å²) < 4.78 is 28.5. The molecule has 7 nitrogen and oxygen atoms in total. The lowest BCUT2D eigenvalue weighted by Gasteiger charge is -2.06. The third kappa shape index (κ3) is 4.00. The van der Waals surface area contributed by atoms with Crippen LogP contribution >= 0.6 is 11.3 Å². The molecule has 0 saturated carbocycles. The zero-order chi connectivity index (χ0) is 18.9. The van der Waals surface area contributed by atoms with Gasteiger partial charge in [0.2, 0.25) is 5.88 Å². The van der Waals surface area contributed by atoms with Crippen LogP contribution in [0.5, 0.6) is 5.75 Å². The number of aromatic nitrogens is 2. The smallest absolute Gasteiger partial charge is 0.216 e. The second-order valence-electron chi connectivity index (χ2n) is 5.81. The van der Waals surface area contributed by atoms with Gasteiger partial charge in [0.15, 0.2) is 14.9 Å². The highest BCUT2D eigenvalue weighted by Crippen LogP contribution is 2.33. The average Bonchev–Trinajstić information content (AvgIpc) is 3.31. The number of hydroxylamine groups is 1. The van der Waals surface area contributed by atoms with Gasteiger partial charge in [-0.15, -0.1) is 11.3 Å². The molecule has 3 heterocycles. The molecule has 3 aromatic rings. The van der Waals surface area contributed by atoms with Gasteiger partial charge in [-0.3, -0.25) is 4.84 Å². The van der Waals surface area contributed by atoms with Crippen LogP contribution in [0.1, 0.15) is 11.0 Å². The molecule has 4 rings (SSSR count). The van der Waals surface area contributed by atoms with E-state index >= 15 is 0 Å². The fourth-order valence-corrected chi connectivity index (χ4v) is 3.91. The number of benzene rings is 1. The Hall–Kier alpha value is -2.75. The molecule has 0 radical (unpaired) electrons. The average molecular weight is 401 g/mol. The van der Waals surface area contributed by atoms with Gasteiger partial charge in [-0.05, 0) is 12.1 Å². The molecular formula is C18H15N3O4S2. The van der Waals surface area contributed by atoms with Crippen LogP contribution in [0.25, 0.3) is 10.6 Å². The summed E-state index contributed by atoms with van der Waals surface area (Å²) in [6, 6.07) is 12.9. The van der Waals surface area contributed by atoms with E-state index in [1.54, 1.807) is 29.7 Å². The zero-order valence-electron chi connectivity index (χ0n) is 14.2. The minimum Gasteiger partial charge on any atom is -0.438 e. The van der Waals surface area contributed by atoms with E-state index in [4.69, 9.17) is 9.57 Å². The third-order valence-corrected chi connectivity index (χ3v) is 5.84. The van der Waals surface area contributed by atoms with E-state index in [0.29, 0.717) is 11.6 Å². The number of nitrogens with zero attached hydrogens (tertiary/aromatic N) is 2. The molecule has 27 heavy (non-hydrogen) atoms. The van der Waals surface area contributed by atoms with Crippen molar-refractivity contribution >= 4 is 21.2 Å². The largest absolute Gasteiger partial charge is 0.438 e. The maximum Gasteiger partial charge on any atom is 0.216 e. The van der Waals surface area contributed by atoms with Crippen molar-refractivity contribution in [2.45, 2.75) is 11.1 Å². The molecule has 1 aliphatic heterocycles. The Kier molecular flexibility index (Phi) is 4.65. The molecule has 2 aromatic heterocycles. The topological polar surface area (TPSA) is 90.4 Å². The van der Waals surface area contributed by atoms with Crippen LogP contribution in [0.3, 0.4) is 0 Å². The Morgan fingerprint density at radius 1 is 1.11 bits per heavy atom. The van der Waals surface area contributed by atoms with E-state index < -0.39 is 9.84 Å². The number of rotatable bonds is 5. The number of pyridine rings is 1. The number of thiazole rings is 1. The summed E-state index contributed by atoms with van der Waals surface area (Å²) in [6.45, 7) is 0. The van der Waals surface area contributed by atoms with Gasteiger partial charge in [-0.2, -0.15) is 0 Å². The van der Waals surface area contributed by atoms with Crippen LogP contribution in [0.2, 0.25) is 0 Å². The number of hydrogen-bond acceptors (Lipinski definition) is 8. The summed E-state index contributed by atoms with van der Waals surface area (Å²) in [5.74, 6) is 0.809. The predicted molar refractivity (Wildman–Crippen MR) is 101 cm³/mol. The Morgan fingerprint density at radius 2 is 1.93 bits per heavy atom. The molecule has 0 spiro atoms. The lowest BCUT2D eigenvalue weighted by Crippen LogP contribution is -2.12. The van der Waals surface area contributed by atoms with Gasteiger partial charge in [0, 0.05) is 24.1 Å². The quantitative estimate of drug-likeness (QED) is 0.702. The van der Waals surface area contributed by atoms with Crippen molar-refractivity contribution in [3.8, 4) is 16.3 Å². The van der Waals surface area contributed by atoms with Gasteiger partial charge >= 0.3 is 0 Å². The first-order valence-corrected chi connectivity index (χ1v) is 10.7. The monoisotopic (exact) mass is 401 g/mol. The van der Waals surface area contributed by atoms with Gasteiger partial charge in [0.1, 0.15) is 16.9 Å². The molecule has 0 fully saturated rings. The summed E-state index contributed by atoms with van der Waals surface area (Å²) >= 11 is 1.54. The van der Waals surface area contributed by atoms with E-state index in [1.165, 1.54) is 12.3 Å². The van der Waals surface area contributed by atoms with Gasteiger partial charge in [0.05, 0.1) is 11.1 Å². The van der Waals surface area contributed by atoms with Crippen LogP contribution < -0.4 is 10.2 Å². The third-order valence-electron chi connectivity index (χ3n) is 3.73. The fourth-order valence-electron chi connectivity index (χ4n) is 2.43. The van der Waals surface area contributed by atoms with E-state index in [1.807, 2.05) is 30.3 Å². The molecule has 1 aliphatic rings. The first-order valence-electron chi connectivity index (χ1n) is 7.98. The van der Waals surface area contributed by atoms with Crippen molar-refractivity contribution in [1.82, 2.24) is 15.4 Å². The number of ether oxygens (including phenoxy) is 1. The van der Waals surface area contributed by atoms with Crippen molar-refractivity contribution in [3.63, 3.8) is 0 Å². The zero-order valence-corrected chi connectivity index (χ0v) is 15.8. The fraction of sp³-hybridized carbons (Fsp3) is 0.111. The highest BCUT2D eigenvalue weighted by Gasteiger charge is 2.22. The minimum absolute atomic E-state index is 0.00422. The minimum atomic E-state index is -3.34. The molecule has 1 unspecified atom stereocenters. The lowest BCUT2D eigenvalue weighted by atomic mass is 10.2. The van der Waals surface area contributed by atoms with Gasteiger partial charge in [-0.1, -0.05) is 30.3 Å². The van der Waals surface area contributed by atoms with Crippen LogP contribution in [0, 0.1) is 0 Å². The summed E-state index contributed by atoms with van der Waals surface area (Å²) in [7, 11) is -3.34. The van der Waals surface area contributed by atoms with Gasteiger partial charge < -0.3 is 4.74 Å². The predicted octanol–water partition coefficient (Wildman–Crippen LogP) is 3.10. The highest BCUT2D eigenvalue weighted by molar-refractivity contribution is 7.90. The molecule has 0 amide bonds. The van der Waals surface area contributed by atoms with Crippen molar-refractivity contribution < 1.29 is 18.0 Å². The van der Waals surface area contributed by atoms with Gasteiger partial charge in [0.25, 0.3) is 0 Å². The Bertz CT molecular complexity index is 1080. The Labute approximate surface area is 160 Å². The van der Waals surface area contributed by atoms with E-state index in [9.17, 15) is 8.42 Å². The molecule has 0 bridgehead atoms. The number of nitrogens with one attached hydrogen (secondary N) is 1. The van der Waals surface area contributed by atoms with E-state index in [-0.39, 0.29) is 11.1 Å². The van der Waals surface area contributed by atoms with Crippen LogP contribution in [0.4, 0.5) is 0 Å². The summed E-state index contributed by atoms with van der Waals surface area (Å²) in [5.41, 5.74) is 3.77. The first kappa shape index (κ1) is 17.7. The van der Waals surface area contributed by atoms with Gasteiger partial charge in [-0.25, -0.2) is 23.9 Å². The molecule has 1 atom stereocenters. The summed E-state index contributed by atoms with van der Waals surface area (Å²) in [5, 5.41) is 0.910. The standard InChI is InChI=1S/C18H15N3O4S2/c1-27(22,23)17-8-7-13(10-19-17)24-16-9-14(25-21-16)15-11-20-18(26-15)12-5-3-2-4-6-12/h2-11,14,21H,1H3. The molecule has 0 aliphatic carbocycles. The normalized spacial score (nSPS) is 16.6. The van der Waals surface area contributed by atoms with Crippen LogP contribution in [0.15, 0.2) is 71.8 Å². The molecule has 1 aromatic carbocycles. The van der Waals surface area contributed by atoms with Crippen molar-refractivity contribution in [2.75, 3.05) is 6.26 Å². The van der Waals surface area contributed by atoms with Crippen molar-refractivity contribution in [1.29, 1.82) is 0 Å². The molecule has 138 valence electrons. The maximum absolute atomic E-state index is 11.4. The van der Waals surface area contributed by atoms with Crippen molar-refractivity contribution in [2.24, 2.45) is 0 Å². The first-order chi connectivity index (χ1) is 13.0. The number of hydrogen-bond donors (Lipinski definition) is 1. The Morgan fingerprint density at radius 3 is 2.63 bits per heavy atom. The molecule has 1 N–H and O–H groups in total. The second-order valence-corrected chi connectivity index (χ2v) is 8.84. The highest BCUT2D eigenvalue weighted by atomic mass is 32.2. The van der Waals surface area contributed by atoms with Crippen LogP contribution in [-0.2, 0) is 14.7 Å². The summed E-state index contributed by atoms with van der Waals surface area (Å²) in [4.78, 5) is 14.8. The summed E-state index contributed by atoms with van der Waals surface area (Å²) in [6.07, 6.45) is 5.70. The Balaban J connectivity index is 1.47. The second kappa shape index (κ2) is 7.10. The molecule has 9 heteroatoms. The van der Waals surface area contributed by atoms with E-state index in [2.05, 4.69) is 15.4 Å². The van der Waals surface area contributed by atoms with Crippen LogP contribution in [-0.4, -0.2) is 24.6 Å². The SMILES string of the molecule is CS(=O)(=O)c1ccc(OC2=CC(c3cnc(-c4ccccc4)s3)ON2)cn1. The van der Waals surface area contributed by atoms with Crippen molar-refractivity contribution in [3.05, 3.63) is 71.7 Å². The van der Waals surface area contributed by atoms with E-state index in [0.717, 1.165) is 21.7 Å². The lowest BCUT2D eigenvalue weighted by molar-refractivity contribution is 0.0289.